The van der Waals surface area contributed by atoms with Crippen molar-refractivity contribution in [3.63, 3.8) is 0 Å². The van der Waals surface area contributed by atoms with Crippen molar-refractivity contribution in [2.45, 2.75) is 45.6 Å². The lowest BCUT2D eigenvalue weighted by Gasteiger charge is -2.13. The number of ether oxygens (including phenoxy) is 1. The first-order valence-electron chi connectivity index (χ1n) is 6.17. The second kappa shape index (κ2) is 9.29. The number of rotatable bonds is 10. The van der Waals surface area contributed by atoms with E-state index in [9.17, 15) is 13.2 Å². The number of hydrogen-bond acceptors (Lipinski definition) is 5. The van der Waals surface area contributed by atoms with Crippen molar-refractivity contribution in [2.75, 3.05) is 19.0 Å². The van der Waals surface area contributed by atoms with Crippen molar-refractivity contribution in [2.24, 2.45) is 0 Å². The zero-order valence-corrected chi connectivity index (χ0v) is 11.8. The van der Waals surface area contributed by atoms with Crippen molar-refractivity contribution in [3.8, 4) is 0 Å². The largest absolute Gasteiger partial charge is 0.466 e. The van der Waals surface area contributed by atoms with Crippen LogP contribution in [-0.2, 0) is 19.6 Å². The standard InChI is InChI=1S/C11H23NO5S/c1-3-17-11(14)7-5-9-18(15,16)12-10(2)6-4-8-13/h10,12-13H,3-9H2,1-2H3/t10-/m1/s1. The number of nitrogens with one attached hydrogen (secondary N) is 1. The van der Waals surface area contributed by atoms with Crippen LogP contribution in [0.25, 0.3) is 0 Å². The molecule has 0 aromatic carbocycles. The molecule has 0 aliphatic carbocycles. The number of esters is 1. The maximum Gasteiger partial charge on any atom is 0.305 e. The van der Waals surface area contributed by atoms with Crippen LogP contribution in [0, 0.1) is 0 Å². The maximum absolute atomic E-state index is 11.6. The first-order valence-corrected chi connectivity index (χ1v) is 7.83. The molecule has 0 bridgehead atoms. The van der Waals surface area contributed by atoms with Crippen molar-refractivity contribution < 1.29 is 23.1 Å². The van der Waals surface area contributed by atoms with Crippen molar-refractivity contribution in [1.29, 1.82) is 0 Å². The molecule has 1 atom stereocenters. The summed E-state index contributed by atoms with van der Waals surface area (Å²) < 4.78 is 30.5. The van der Waals surface area contributed by atoms with Gasteiger partial charge in [0.25, 0.3) is 0 Å². The van der Waals surface area contributed by atoms with E-state index in [1.165, 1.54) is 0 Å². The molecule has 7 heteroatoms. The summed E-state index contributed by atoms with van der Waals surface area (Å²) in [5.41, 5.74) is 0. The number of carbonyl (C=O) groups is 1. The van der Waals surface area contributed by atoms with Crippen LogP contribution in [0.3, 0.4) is 0 Å². The van der Waals surface area contributed by atoms with Gasteiger partial charge in [0, 0.05) is 19.1 Å². The molecule has 2 N–H and O–H groups in total. The van der Waals surface area contributed by atoms with E-state index in [1.807, 2.05) is 0 Å². The molecule has 0 radical (unpaired) electrons. The van der Waals surface area contributed by atoms with Crippen LogP contribution >= 0.6 is 0 Å². The van der Waals surface area contributed by atoms with Gasteiger partial charge in [0.1, 0.15) is 0 Å². The van der Waals surface area contributed by atoms with Gasteiger partial charge in [-0.3, -0.25) is 4.79 Å². The molecular weight excluding hydrogens is 258 g/mol. The molecule has 0 unspecified atom stereocenters. The van der Waals surface area contributed by atoms with E-state index in [0.29, 0.717) is 19.4 Å². The molecule has 0 spiro atoms. The lowest BCUT2D eigenvalue weighted by molar-refractivity contribution is -0.143. The molecule has 0 rings (SSSR count). The van der Waals surface area contributed by atoms with E-state index in [0.717, 1.165) is 0 Å². The Hall–Kier alpha value is -0.660. The fourth-order valence-electron chi connectivity index (χ4n) is 1.46. The molecule has 0 saturated heterocycles. The molecule has 18 heavy (non-hydrogen) atoms. The minimum absolute atomic E-state index is 0.0505. The van der Waals surface area contributed by atoms with Gasteiger partial charge in [0.15, 0.2) is 0 Å². The first kappa shape index (κ1) is 17.3. The Bertz CT molecular complexity index is 328. The molecule has 0 aromatic heterocycles. The molecule has 0 amide bonds. The molecular formula is C11H23NO5S. The smallest absolute Gasteiger partial charge is 0.305 e. The number of carbonyl (C=O) groups excluding carboxylic acids is 1. The highest BCUT2D eigenvalue weighted by Crippen LogP contribution is 2.01. The third-order valence-electron chi connectivity index (χ3n) is 2.28. The van der Waals surface area contributed by atoms with Crippen LogP contribution in [0.4, 0.5) is 0 Å². The minimum atomic E-state index is -3.36. The van der Waals surface area contributed by atoms with Gasteiger partial charge >= 0.3 is 5.97 Å². The molecule has 0 aliphatic rings. The summed E-state index contributed by atoms with van der Waals surface area (Å²) in [5, 5.41) is 8.64. The molecule has 0 saturated carbocycles. The zero-order valence-electron chi connectivity index (χ0n) is 11.0. The van der Waals surface area contributed by atoms with Crippen LogP contribution in [0.15, 0.2) is 0 Å². The monoisotopic (exact) mass is 281 g/mol. The highest BCUT2D eigenvalue weighted by atomic mass is 32.2. The zero-order chi connectivity index (χ0) is 14.0. The lowest BCUT2D eigenvalue weighted by Crippen LogP contribution is -2.34. The van der Waals surface area contributed by atoms with Gasteiger partial charge < -0.3 is 9.84 Å². The van der Waals surface area contributed by atoms with Gasteiger partial charge in [-0.15, -0.1) is 0 Å². The van der Waals surface area contributed by atoms with E-state index in [-0.39, 0.29) is 37.2 Å². The summed E-state index contributed by atoms with van der Waals surface area (Å²) in [5.74, 6) is -0.462. The van der Waals surface area contributed by atoms with Crippen molar-refractivity contribution in [3.05, 3.63) is 0 Å². The predicted octanol–water partition coefficient (Wildman–Crippen LogP) is 0.410. The van der Waals surface area contributed by atoms with Crippen LogP contribution in [-0.4, -0.2) is 44.5 Å². The number of hydrogen-bond donors (Lipinski definition) is 2. The van der Waals surface area contributed by atoms with Crippen LogP contribution in [0.2, 0.25) is 0 Å². The topological polar surface area (TPSA) is 92.7 Å². The minimum Gasteiger partial charge on any atom is -0.466 e. The predicted molar refractivity (Wildman–Crippen MR) is 68.6 cm³/mol. The highest BCUT2D eigenvalue weighted by molar-refractivity contribution is 7.89. The number of aliphatic hydroxyl groups excluding tert-OH is 1. The van der Waals surface area contributed by atoms with E-state index < -0.39 is 10.0 Å². The van der Waals surface area contributed by atoms with Crippen LogP contribution in [0.5, 0.6) is 0 Å². The van der Waals surface area contributed by atoms with Gasteiger partial charge in [0.05, 0.1) is 12.4 Å². The summed E-state index contributed by atoms with van der Waals surface area (Å²) >= 11 is 0. The summed E-state index contributed by atoms with van der Waals surface area (Å²) in [4.78, 5) is 11.0. The maximum atomic E-state index is 11.6. The summed E-state index contributed by atoms with van der Waals surface area (Å²) in [7, 11) is -3.36. The van der Waals surface area contributed by atoms with E-state index in [4.69, 9.17) is 9.84 Å². The Morgan fingerprint density at radius 1 is 1.39 bits per heavy atom. The summed E-state index contributed by atoms with van der Waals surface area (Å²) in [6.07, 6.45) is 1.51. The second-order valence-corrected chi connectivity index (χ2v) is 5.99. The lowest BCUT2D eigenvalue weighted by atomic mass is 10.2. The summed E-state index contributed by atoms with van der Waals surface area (Å²) in [6, 6.07) is -0.204. The molecule has 0 heterocycles. The average molecular weight is 281 g/mol. The molecule has 6 nitrogen and oxygen atoms in total. The fraction of sp³-hybridized carbons (Fsp3) is 0.909. The Morgan fingerprint density at radius 2 is 2.06 bits per heavy atom. The van der Waals surface area contributed by atoms with E-state index in [1.54, 1.807) is 13.8 Å². The molecule has 108 valence electrons. The Labute approximate surface area is 109 Å². The van der Waals surface area contributed by atoms with Gasteiger partial charge in [-0.2, -0.15) is 0 Å². The molecule has 0 aromatic rings. The second-order valence-electron chi connectivity index (χ2n) is 4.11. The van der Waals surface area contributed by atoms with Crippen molar-refractivity contribution >= 4 is 16.0 Å². The third-order valence-corrected chi connectivity index (χ3v) is 3.86. The first-order chi connectivity index (χ1) is 8.41. The van der Waals surface area contributed by atoms with E-state index >= 15 is 0 Å². The number of aliphatic hydroxyl groups is 1. The SMILES string of the molecule is CCOC(=O)CCCS(=O)(=O)N[C@H](C)CCCO. The van der Waals surface area contributed by atoms with Gasteiger partial charge in [-0.1, -0.05) is 0 Å². The average Bonchev–Trinajstić information content (AvgIpc) is 2.25. The van der Waals surface area contributed by atoms with Gasteiger partial charge in [0.2, 0.25) is 10.0 Å². The van der Waals surface area contributed by atoms with Gasteiger partial charge in [-0.25, -0.2) is 13.1 Å². The normalized spacial score (nSPS) is 13.3. The Kier molecular flexibility index (Phi) is 8.95. The quantitative estimate of drug-likeness (QED) is 0.566. The summed E-state index contributed by atoms with van der Waals surface area (Å²) in [6.45, 7) is 3.81. The van der Waals surface area contributed by atoms with Crippen LogP contribution in [0.1, 0.15) is 39.5 Å². The Morgan fingerprint density at radius 3 is 2.61 bits per heavy atom. The molecule has 0 fully saturated rings. The third kappa shape index (κ3) is 9.38. The molecule has 0 aliphatic heterocycles. The highest BCUT2D eigenvalue weighted by Gasteiger charge is 2.15. The Balaban J connectivity index is 3.90. The van der Waals surface area contributed by atoms with Crippen molar-refractivity contribution in [1.82, 2.24) is 4.72 Å². The van der Waals surface area contributed by atoms with E-state index in [2.05, 4.69) is 4.72 Å². The van der Waals surface area contributed by atoms with Crippen LogP contribution < -0.4 is 4.72 Å². The number of sulfonamides is 1. The fourth-order valence-corrected chi connectivity index (χ4v) is 2.83. The van der Waals surface area contributed by atoms with Gasteiger partial charge in [-0.05, 0) is 33.1 Å².